The van der Waals surface area contributed by atoms with Crippen LogP contribution in [0.2, 0.25) is 0 Å². The lowest BCUT2D eigenvalue weighted by Gasteiger charge is -2.08. The highest BCUT2D eigenvalue weighted by atomic mass is 19.3. The van der Waals surface area contributed by atoms with Gasteiger partial charge in [-0.1, -0.05) is 12.1 Å². The number of benzene rings is 2. The SMILES string of the molecule is COc1cc(/C=C(\C#N)c2nc3ccccc3n2C(F)F)cc(OC)c1. The van der Waals surface area contributed by atoms with Crippen LogP contribution in [0.3, 0.4) is 0 Å². The number of fused-ring (bicyclic) bond motifs is 1. The monoisotopic (exact) mass is 355 g/mol. The second kappa shape index (κ2) is 7.23. The van der Waals surface area contributed by atoms with Crippen molar-refractivity contribution in [3.05, 3.63) is 53.9 Å². The van der Waals surface area contributed by atoms with Crippen LogP contribution in [-0.2, 0) is 0 Å². The topological polar surface area (TPSA) is 60.1 Å². The summed E-state index contributed by atoms with van der Waals surface area (Å²) in [5, 5.41) is 9.55. The second-order valence-corrected chi connectivity index (χ2v) is 5.39. The summed E-state index contributed by atoms with van der Waals surface area (Å²) in [4.78, 5) is 4.22. The van der Waals surface area contributed by atoms with Gasteiger partial charge in [-0.3, -0.25) is 4.57 Å². The van der Waals surface area contributed by atoms with Crippen molar-refractivity contribution >= 4 is 22.7 Å². The van der Waals surface area contributed by atoms with Gasteiger partial charge in [0, 0.05) is 6.07 Å². The average Bonchev–Trinajstić information content (AvgIpc) is 3.05. The van der Waals surface area contributed by atoms with Crippen LogP contribution < -0.4 is 9.47 Å². The molecule has 0 N–H and O–H groups in total. The molecule has 0 saturated carbocycles. The smallest absolute Gasteiger partial charge is 0.320 e. The summed E-state index contributed by atoms with van der Waals surface area (Å²) in [5.74, 6) is 0.955. The number of hydrogen-bond donors (Lipinski definition) is 0. The van der Waals surface area contributed by atoms with Gasteiger partial charge >= 0.3 is 6.55 Å². The molecule has 0 atom stereocenters. The predicted octanol–water partition coefficient (Wildman–Crippen LogP) is 4.51. The van der Waals surface area contributed by atoms with Crippen molar-refractivity contribution in [3.63, 3.8) is 0 Å². The normalized spacial score (nSPS) is 11.6. The van der Waals surface area contributed by atoms with Gasteiger partial charge in [-0.25, -0.2) is 4.98 Å². The largest absolute Gasteiger partial charge is 0.497 e. The Morgan fingerprint density at radius 1 is 1.15 bits per heavy atom. The van der Waals surface area contributed by atoms with E-state index in [1.807, 2.05) is 6.07 Å². The van der Waals surface area contributed by atoms with Gasteiger partial charge in [-0.15, -0.1) is 0 Å². The first kappa shape index (κ1) is 17.4. The third-order valence-corrected chi connectivity index (χ3v) is 3.84. The summed E-state index contributed by atoms with van der Waals surface area (Å²) in [5.41, 5.74) is 1.25. The number of aromatic nitrogens is 2. The maximum Gasteiger partial charge on any atom is 0.320 e. The van der Waals surface area contributed by atoms with Gasteiger partial charge in [-0.05, 0) is 35.9 Å². The highest BCUT2D eigenvalue weighted by Gasteiger charge is 2.20. The van der Waals surface area contributed by atoms with Crippen molar-refractivity contribution in [1.29, 1.82) is 5.26 Å². The van der Waals surface area contributed by atoms with Crippen molar-refractivity contribution in [2.75, 3.05) is 14.2 Å². The van der Waals surface area contributed by atoms with Crippen LogP contribution in [0.5, 0.6) is 11.5 Å². The van der Waals surface area contributed by atoms with Crippen LogP contribution in [-0.4, -0.2) is 23.8 Å². The quantitative estimate of drug-likeness (QED) is 0.632. The summed E-state index contributed by atoms with van der Waals surface area (Å²) in [6.07, 6.45) is 1.48. The number of ether oxygens (including phenoxy) is 2. The average molecular weight is 355 g/mol. The fourth-order valence-corrected chi connectivity index (χ4v) is 2.66. The van der Waals surface area contributed by atoms with E-state index in [1.165, 1.54) is 20.3 Å². The number of hydrogen-bond acceptors (Lipinski definition) is 4. The van der Waals surface area contributed by atoms with E-state index in [-0.39, 0.29) is 16.9 Å². The highest BCUT2D eigenvalue weighted by Crippen LogP contribution is 2.30. The van der Waals surface area contributed by atoms with E-state index in [0.29, 0.717) is 22.6 Å². The van der Waals surface area contributed by atoms with E-state index in [9.17, 15) is 14.0 Å². The molecule has 1 aromatic heterocycles. The van der Waals surface area contributed by atoms with Gasteiger partial charge < -0.3 is 9.47 Å². The molecule has 0 aliphatic rings. The minimum Gasteiger partial charge on any atom is -0.497 e. The molecule has 0 amide bonds. The van der Waals surface area contributed by atoms with E-state index in [4.69, 9.17) is 9.47 Å². The minimum absolute atomic E-state index is 0.0109. The van der Waals surface area contributed by atoms with E-state index in [2.05, 4.69) is 4.98 Å². The Labute approximate surface area is 148 Å². The molecule has 5 nitrogen and oxygen atoms in total. The molecule has 1 heterocycles. The first-order chi connectivity index (χ1) is 12.6. The molecule has 0 bridgehead atoms. The Morgan fingerprint density at radius 3 is 2.38 bits per heavy atom. The molecule has 2 aromatic carbocycles. The van der Waals surface area contributed by atoms with E-state index >= 15 is 0 Å². The van der Waals surface area contributed by atoms with Crippen LogP contribution >= 0.6 is 0 Å². The Kier molecular flexibility index (Phi) is 4.85. The standard InChI is InChI=1S/C19H15F2N3O2/c1-25-14-8-12(9-15(10-14)26-2)7-13(11-22)18-23-16-5-3-4-6-17(16)24(18)19(20)21/h3-10,19H,1-2H3/b13-7+. The van der Waals surface area contributed by atoms with Gasteiger partial charge in [0.15, 0.2) is 5.82 Å². The number of nitrogens with zero attached hydrogens (tertiary/aromatic N) is 3. The maximum atomic E-state index is 13.6. The molecular weight excluding hydrogens is 340 g/mol. The van der Waals surface area contributed by atoms with Crippen LogP contribution in [0.15, 0.2) is 42.5 Å². The molecule has 7 heteroatoms. The summed E-state index contributed by atoms with van der Waals surface area (Å²) in [6.45, 7) is -2.83. The fourth-order valence-electron chi connectivity index (χ4n) is 2.66. The molecule has 0 spiro atoms. The van der Waals surface area contributed by atoms with Crippen molar-refractivity contribution in [3.8, 4) is 17.6 Å². The van der Waals surface area contributed by atoms with Crippen LogP contribution in [0.4, 0.5) is 8.78 Å². The Bertz CT molecular complexity index is 997. The summed E-state index contributed by atoms with van der Waals surface area (Å²) < 4.78 is 38.4. The number of nitriles is 1. The Hall–Kier alpha value is -3.40. The van der Waals surface area contributed by atoms with Crippen molar-refractivity contribution < 1.29 is 18.3 Å². The van der Waals surface area contributed by atoms with Crippen LogP contribution in [0, 0.1) is 11.3 Å². The number of para-hydroxylation sites is 2. The number of halogens is 2. The van der Waals surface area contributed by atoms with Crippen molar-refractivity contribution in [2.45, 2.75) is 6.55 Å². The third-order valence-electron chi connectivity index (χ3n) is 3.84. The van der Waals surface area contributed by atoms with Gasteiger partial charge in [0.1, 0.15) is 17.6 Å². The zero-order valence-electron chi connectivity index (χ0n) is 14.1. The second-order valence-electron chi connectivity index (χ2n) is 5.39. The summed E-state index contributed by atoms with van der Waals surface area (Å²) >= 11 is 0. The lowest BCUT2D eigenvalue weighted by molar-refractivity contribution is 0.0738. The summed E-state index contributed by atoms with van der Waals surface area (Å²) in [6, 6.07) is 13.5. The molecule has 0 unspecified atom stereocenters. The number of imidazole rings is 1. The lowest BCUT2D eigenvalue weighted by atomic mass is 10.1. The molecule has 132 valence electrons. The first-order valence-corrected chi connectivity index (χ1v) is 7.67. The molecule has 26 heavy (non-hydrogen) atoms. The molecule has 3 rings (SSSR count). The molecule has 0 fully saturated rings. The van der Waals surface area contributed by atoms with Gasteiger partial charge in [0.05, 0.1) is 30.8 Å². The van der Waals surface area contributed by atoms with Gasteiger partial charge in [-0.2, -0.15) is 14.0 Å². The van der Waals surface area contributed by atoms with Crippen LogP contribution in [0.1, 0.15) is 17.9 Å². The van der Waals surface area contributed by atoms with Gasteiger partial charge in [0.25, 0.3) is 0 Å². The summed E-state index contributed by atoms with van der Waals surface area (Å²) in [7, 11) is 3.01. The molecule has 0 aliphatic carbocycles. The molecule has 0 saturated heterocycles. The number of rotatable bonds is 5. The first-order valence-electron chi connectivity index (χ1n) is 7.67. The minimum atomic E-state index is -2.83. The van der Waals surface area contributed by atoms with Gasteiger partial charge in [0.2, 0.25) is 0 Å². The predicted molar refractivity (Wildman–Crippen MR) is 94.0 cm³/mol. The molecule has 0 aliphatic heterocycles. The molecule has 0 radical (unpaired) electrons. The maximum absolute atomic E-state index is 13.6. The fraction of sp³-hybridized carbons (Fsp3) is 0.158. The van der Waals surface area contributed by atoms with Crippen LogP contribution in [0.25, 0.3) is 22.7 Å². The zero-order valence-corrected chi connectivity index (χ0v) is 14.1. The number of alkyl halides is 2. The lowest BCUT2D eigenvalue weighted by Crippen LogP contribution is -2.03. The zero-order chi connectivity index (χ0) is 18.7. The Morgan fingerprint density at radius 2 is 1.81 bits per heavy atom. The number of methoxy groups -OCH3 is 2. The third kappa shape index (κ3) is 3.22. The molecule has 3 aromatic rings. The van der Waals surface area contributed by atoms with E-state index in [1.54, 1.807) is 42.5 Å². The highest BCUT2D eigenvalue weighted by molar-refractivity contribution is 5.91. The van der Waals surface area contributed by atoms with E-state index in [0.717, 1.165) is 4.57 Å². The van der Waals surface area contributed by atoms with Crippen molar-refractivity contribution in [1.82, 2.24) is 9.55 Å². The van der Waals surface area contributed by atoms with E-state index < -0.39 is 6.55 Å². The molecular formula is C19H15F2N3O2. The van der Waals surface area contributed by atoms with Crippen molar-refractivity contribution in [2.24, 2.45) is 0 Å². The Balaban J connectivity index is 2.19. The number of allylic oxidation sites excluding steroid dienone is 1.